The monoisotopic (exact) mass is 492 g/mol. The first-order valence-corrected chi connectivity index (χ1v) is 11.3. The second kappa shape index (κ2) is 10.9. The first-order valence-electron chi connectivity index (χ1n) is 11.3. The molecule has 182 valence electrons. The molecule has 4 rings (SSSR count). The van der Waals surface area contributed by atoms with E-state index >= 15 is 0 Å². The number of rotatable bonds is 4. The van der Waals surface area contributed by atoms with Gasteiger partial charge in [-0.2, -0.15) is 0 Å². The third-order valence-corrected chi connectivity index (χ3v) is 9.58. The number of methoxy groups -OCH3 is 1. The van der Waals surface area contributed by atoms with Crippen molar-refractivity contribution in [2.24, 2.45) is 34.5 Å². The molecule has 7 atom stereocenters. The second-order valence-corrected chi connectivity index (χ2v) is 10.6. The third kappa shape index (κ3) is 4.81. The topological polar surface area (TPSA) is 167 Å². The van der Waals surface area contributed by atoms with E-state index in [0.717, 1.165) is 31.3 Å². The maximum absolute atomic E-state index is 12.9. The van der Waals surface area contributed by atoms with Gasteiger partial charge in [0.25, 0.3) is 0 Å². The van der Waals surface area contributed by atoms with Crippen LogP contribution in [0.25, 0.3) is 0 Å². The van der Waals surface area contributed by atoms with Crippen LogP contribution in [0.5, 0.6) is 0 Å². The predicted octanol–water partition coefficient (Wildman–Crippen LogP) is -2.47. The fourth-order valence-corrected chi connectivity index (χ4v) is 7.79. The average Bonchev–Trinajstić information content (AvgIpc) is 2.97. The molecule has 8 nitrogen and oxygen atoms in total. The minimum Gasteiger partial charge on any atom is -0.550 e. The first kappa shape index (κ1) is 30.9. The van der Waals surface area contributed by atoms with Gasteiger partial charge in [0, 0.05) is 12.4 Å². The van der Waals surface area contributed by atoms with Gasteiger partial charge in [-0.1, -0.05) is 19.4 Å². The average molecular weight is 493 g/mol. The van der Waals surface area contributed by atoms with Crippen molar-refractivity contribution in [1.82, 2.24) is 0 Å². The SMILES string of the molecule is COC(=O)[C@@H]1CC2=CC(=O)CC[C@]2(C)[C@H]2CC[C@@]3(C)[C@@H](CC[C@@]3(O)CCC(=O)[O-])[C@H]12.O.O.[K+]. The van der Waals surface area contributed by atoms with Crippen LogP contribution in [0.1, 0.15) is 71.6 Å². The Morgan fingerprint density at radius 3 is 2.39 bits per heavy atom. The Morgan fingerprint density at radius 2 is 1.79 bits per heavy atom. The zero-order valence-electron chi connectivity index (χ0n) is 20.2. The number of carboxylic acid groups (broad SMARTS) is 1. The van der Waals surface area contributed by atoms with Crippen molar-refractivity contribution in [2.75, 3.05) is 7.11 Å². The molecule has 0 aromatic rings. The maximum atomic E-state index is 12.9. The summed E-state index contributed by atoms with van der Waals surface area (Å²) in [6, 6.07) is 0. The molecule has 3 fully saturated rings. The smallest absolute Gasteiger partial charge is 0.550 e. The van der Waals surface area contributed by atoms with Crippen molar-refractivity contribution in [1.29, 1.82) is 0 Å². The van der Waals surface area contributed by atoms with Crippen LogP contribution in [0.2, 0.25) is 0 Å². The third-order valence-electron chi connectivity index (χ3n) is 9.58. The second-order valence-electron chi connectivity index (χ2n) is 10.6. The number of carbonyl (C=O) groups is 3. The summed E-state index contributed by atoms with van der Waals surface area (Å²) in [7, 11) is 1.42. The van der Waals surface area contributed by atoms with Gasteiger partial charge in [-0.3, -0.25) is 9.59 Å². The molecular formula is C24H37KO8. The van der Waals surface area contributed by atoms with Crippen LogP contribution in [0.4, 0.5) is 0 Å². The Kier molecular flexibility index (Phi) is 10.2. The van der Waals surface area contributed by atoms with Gasteiger partial charge >= 0.3 is 57.4 Å². The van der Waals surface area contributed by atoms with E-state index in [0.29, 0.717) is 19.3 Å². The van der Waals surface area contributed by atoms with Crippen molar-refractivity contribution in [3.05, 3.63) is 11.6 Å². The summed E-state index contributed by atoms with van der Waals surface area (Å²) < 4.78 is 5.19. The Balaban J connectivity index is 0.00000181. The van der Waals surface area contributed by atoms with E-state index in [-0.39, 0.29) is 116 Å². The molecule has 0 amide bonds. The minimum absolute atomic E-state index is 0. The Morgan fingerprint density at radius 1 is 1.15 bits per heavy atom. The van der Waals surface area contributed by atoms with Crippen LogP contribution >= 0.6 is 0 Å². The number of ether oxygens (including phenoxy) is 1. The number of carbonyl (C=O) groups excluding carboxylic acids is 3. The molecule has 0 bridgehead atoms. The van der Waals surface area contributed by atoms with E-state index < -0.39 is 17.0 Å². The number of fused-ring (bicyclic) bond motifs is 5. The predicted molar refractivity (Wildman–Crippen MR) is 114 cm³/mol. The van der Waals surface area contributed by atoms with Crippen molar-refractivity contribution in [3.8, 4) is 0 Å². The van der Waals surface area contributed by atoms with Crippen molar-refractivity contribution in [3.63, 3.8) is 0 Å². The molecule has 0 saturated heterocycles. The quantitative estimate of drug-likeness (QED) is 0.337. The molecular weight excluding hydrogens is 455 g/mol. The van der Waals surface area contributed by atoms with E-state index in [1.54, 1.807) is 6.08 Å². The molecule has 0 radical (unpaired) electrons. The number of carboxylic acids is 1. The van der Waals surface area contributed by atoms with E-state index in [4.69, 9.17) is 4.74 Å². The molecule has 4 aliphatic carbocycles. The number of esters is 1. The standard InChI is InChI=1S/C24H34O6.K.2H2O/c1-22-8-4-15(25)12-14(22)13-16(21(28)30-3)20-17(22)5-9-23(2)18(20)6-10-24(23,29)11-7-19(26)27;;;/h12,16-18,20,29H,4-11,13H2,1-3H3,(H,26,27);;2*1H2/q;+1;;/p-1/t16-,17+,18+,20-,22+,23+,24-;;;/m1.../s1. The molecule has 5 N–H and O–H groups in total. The zero-order chi connectivity index (χ0) is 21.9. The number of ketones is 1. The summed E-state index contributed by atoms with van der Waals surface area (Å²) in [6.07, 6.45) is 6.70. The number of aliphatic hydroxyl groups is 1. The minimum atomic E-state index is -1.14. The molecule has 0 unspecified atom stereocenters. The van der Waals surface area contributed by atoms with Gasteiger partial charge in [0.05, 0.1) is 18.6 Å². The van der Waals surface area contributed by atoms with E-state index in [1.807, 2.05) is 0 Å². The zero-order valence-corrected chi connectivity index (χ0v) is 23.4. The number of hydrogen-bond donors (Lipinski definition) is 1. The van der Waals surface area contributed by atoms with Crippen LogP contribution < -0.4 is 56.5 Å². The van der Waals surface area contributed by atoms with E-state index in [2.05, 4.69) is 13.8 Å². The van der Waals surface area contributed by atoms with Crippen LogP contribution in [-0.2, 0) is 19.1 Å². The van der Waals surface area contributed by atoms with Crippen LogP contribution in [0.3, 0.4) is 0 Å². The number of allylic oxidation sites excluding steroid dienone is 1. The maximum Gasteiger partial charge on any atom is 1.00 e. The molecule has 9 heteroatoms. The van der Waals surface area contributed by atoms with Gasteiger partial charge in [-0.05, 0) is 86.0 Å². The van der Waals surface area contributed by atoms with E-state index in [9.17, 15) is 24.6 Å². The summed E-state index contributed by atoms with van der Waals surface area (Å²) in [5, 5.41) is 22.6. The summed E-state index contributed by atoms with van der Waals surface area (Å²) in [5.41, 5.74) is -0.499. The summed E-state index contributed by atoms with van der Waals surface area (Å²) in [6.45, 7) is 4.33. The van der Waals surface area contributed by atoms with Gasteiger partial charge in [0.15, 0.2) is 5.78 Å². The fraction of sp³-hybridized carbons (Fsp3) is 0.792. The molecule has 0 aromatic heterocycles. The molecule has 3 saturated carbocycles. The van der Waals surface area contributed by atoms with E-state index in [1.165, 1.54) is 7.11 Å². The molecule has 0 aliphatic heterocycles. The molecule has 0 heterocycles. The van der Waals surface area contributed by atoms with Crippen LogP contribution in [0, 0.1) is 34.5 Å². The Labute approximate surface area is 237 Å². The largest absolute Gasteiger partial charge is 1.00 e. The van der Waals surface area contributed by atoms with Gasteiger partial charge in [-0.25, -0.2) is 0 Å². The molecule has 33 heavy (non-hydrogen) atoms. The van der Waals surface area contributed by atoms with Crippen molar-refractivity contribution >= 4 is 17.7 Å². The molecule has 4 aliphatic rings. The van der Waals surface area contributed by atoms with Gasteiger partial charge in [0.2, 0.25) is 0 Å². The van der Waals surface area contributed by atoms with Crippen molar-refractivity contribution in [2.45, 2.75) is 77.2 Å². The van der Waals surface area contributed by atoms with Gasteiger partial charge in [-0.15, -0.1) is 0 Å². The number of hydrogen-bond acceptors (Lipinski definition) is 6. The summed E-state index contributed by atoms with van der Waals surface area (Å²) in [5.74, 6) is -1.09. The van der Waals surface area contributed by atoms with Crippen molar-refractivity contribution < 1.29 is 91.7 Å². The Bertz CT molecular complexity index is 812. The summed E-state index contributed by atoms with van der Waals surface area (Å²) >= 11 is 0. The molecule has 0 aromatic carbocycles. The van der Waals surface area contributed by atoms with Gasteiger partial charge in [0.1, 0.15) is 0 Å². The van der Waals surface area contributed by atoms with Crippen LogP contribution in [-0.4, -0.2) is 46.5 Å². The van der Waals surface area contributed by atoms with Crippen LogP contribution in [0.15, 0.2) is 11.6 Å². The molecule has 0 spiro atoms. The normalized spacial score (nSPS) is 41.0. The fourth-order valence-electron chi connectivity index (χ4n) is 7.79. The number of aliphatic carboxylic acids is 1. The summed E-state index contributed by atoms with van der Waals surface area (Å²) in [4.78, 5) is 36.1. The van der Waals surface area contributed by atoms with Gasteiger partial charge < -0.3 is 30.7 Å². The first-order chi connectivity index (χ1) is 14.1. The Hall–Kier alpha value is -0.134.